The molecular formula is C12H9N5. The number of aromatic nitrogens is 4. The molecule has 2 aromatic heterocycles. The van der Waals surface area contributed by atoms with E-state index in [1.165, 1.54) is 11.3 Å². The van der Waals surface area contributed by atoms with Crippen molar-refractivity contribution in [2.75, 3.05) is 4.90 Å². The molecule has 0 spiro atoms. The number of fused-ring (bicyclic) bond motifs is 2. The molecule has 1 aliphatic heterocycles. The van der Waals surface area contributed by atoms with E-state index < -0.39 is 0 Å². The third-order valence-corrected chi connectivity index (χ3v) is 3.07. The third kappa shape index (κ3) is 1.10. The number of para-hydroxylation sites is 1. The van der Waals surface area contributed by atoms with Gasteiger partial charge in [0.15, 0.2) is 11.5 Å². The Morgan fingerprint density at radius 3 is 3.00 bits per heavy atom. The Bertz CT molecular complexity index is 703. The smallest absolute Gasteiger partial charge is 0.182 e. The van der Waals surface area contributed by atoms with Gasteiger partial charge in [-0.2, -0.15) is 0 Å². The molecule has 4 rings (SSSR count). The minimum Gasteiger partial charge on any atom is -0.340 e. The van der Waals surface area contributed by atoms with E-state index in [0.717, 1.165) is 17.9 Å². The molecule has 5 nitrogen and oxygen atoms in total. The van der Waals surface area contributed by atoms with Crippen LogP contribution < -0.4 is 4.90 Å². The lowest BCUT2D eigenvalue weighted by Gasteiger charge is -2.34. The highest BCUT2D eigenvalue weighted by Crippen LogP contribution is 2.39. The summed E-state index contributed by atoms with van der Waals surface area (Å²) in [5.41, 5.74) is 4.15. The summed E-state index contributed by atoms with van der Waals surface area (Å²) in [6.07, 6.45) is 3.20. The molecule has 0 saturated carbocycles. The van der Waals surface area contributed by atoms with Crippen molar-refractivity contribution in [1.82, 2.24) is 19.9 Å². The van der Waals surface area contributed by atoms with Crippen molar-refractivity contribution in [3.63, 3.8) is 0 Å². The number of nitrogens with one attached hydrogen (secondary N) is 1. The molecule has 17 heavy (non-hydrogen) atoms. The molecular weight excluding hydrogens is 214 g/mol. The van der Waals surface area contributed by atoms with Gasteiger partial charge in [0.05, 0.1) is 12.9 Å². The van der Waals surface area contributed by atoms with Gasteiger partial charge in [-0.1, -0.05) is 18.2 Å². The van der Waals surface area contributed by atoms with Gasteiger partial charge in [0.1, 0.15) is 11.8 Å². The Morgan fingerprint density at radius 1 is 1.12 bits per heavy atom. The Hall–Kier alpha value is -2.43. The van der Waals surface area contributed by atoms with Crippen LogP contribution in [0.5, 0.6) is 0 Å². The average molecular weight is 223 g/mol. The van der Waals surface area contributed by atoms with E-state index in [-0.39, 0.29) is 0 Å². The van der Waals surface area contributed by atoms with Crippen molar-refractivity contribution < 1.29 is 0 Å². The zero-order chi connectivity index (χ0) is 11.2. The molecule has 3 heterocycles. The van der Waals surface area contributed by atoms with Crippen LogP contribution in [0.15, 0.2) is 36.9 Å². The summed E-state index contributed by atoms with van der Waals surface area (Å²) in [7, 11) is 0. The molecule has 0 saturated heterocycles. The van der Waals surface area contributed by atoms with Crippen molar-refractivity contribution in [3.8, 4) is 0 Å². The first-order valence-electron chi connectivity index (χ1n) is 5.43. The second kappa shape index (κ2) is 3.04. The SMILES string of the molecule is c1ccc2c(c1)CN2c1ncnc2nc[nH]c12. The van der Waals surface area contributed by atoms with Gasteiger partial charge in [0.25, 0.3) is 0 Å². The molecule has 0 aliphatic carbocycles. The molecule has 1 N–H and O–H groups in total. The highest BCUT2D eigenvalue weighted by molar-refractivity contribution is 5.88. The molecule has 0 amide bonds. The van der Waals surface area contributed by atoms with E-state index in [0.29, 0.717) is 5.65 Å². The van der Waals surface area contributed by atoms with Gasteiger partial charge in [-0.25, -0.2) is 15.0 Å². The lowest BCUT2D eigenvalue weighted by Crippen LogP contribution is -2.28. The van der Waals surface area contributed by atoms with Gasteiger partial charge in [0, 0.05) is 5.69 Å². The molecule has 1 aliphatic rings. The summed E-state index contributed by atoms with van der Waals surface area (Å²) in [4.78, 5) is 17.9. The van der Waals surface area contributed by atoms with E-state index in [9.17, 15) is 0 Å². The number of anilines is 2. The van der Waals surface area contributed by atoms with Gasteiger partial charge in [-0.3, -0.25) is 0 Å². The first-order chi connectivity index (χ1) is 8.43. The molecule has 3 aromatic rings. The quantitative estimate of drug-likeness (QED) is 0.685. The molecule has 82 valence electrons. The van der Waals surface area contributed by atoms with Gasteiger partial charge in [-0.15, -0.1) is 0 Å². The molecule has 0 unspecified atom stereocenters. The van der Waals surface area contributed by atoms with Crippen LogP contribution in [-0.2, 0) is 6.54 Å². The van der Waals surface area contributed by atoms with Crippen LogP contribution in [0.1, 0.15) is 5.56 Å². The van der Waals surface area contributed by atoms with Crippen LogP contribution in [-0.4, -0.2) is 19.9 Å². The predicted octanol–water partition coefficient (Wildman–Crippen LogP) is 2.00. The fraction of sp³-hybridized carbons (Fsp3) is 0.0833. The van der Waals surface area contributed by atoms with E-state index in [4.69, 9.17) is 0 Å². The summed E-state index contributed by atoms with van der Waals surface area (Å²) in [6, 6.07) is 8.33. The van der Waals surface area contributed by atoms with Gasteiger partial charge >= 0.3 is 0 Å². The predicted molar refractivity (Wildman–Crippen MR) is 64.0 cm³/mol. The van der Waals surface area contributed by atoms with E-state index in [1.54, 1.807) is 12.7 Å². The largest absolute Gasteiger partial charge is 0.340 e. The summed E-state index contributed by atoms with van der Waals surface area (Å²) >= 11 is 0. The second-order valence-electron chi connectivity index (χ2n) is 4.01. The number of imidazole rings is 1. The first kappa shape index (κ1) is 8.69. The highest BCUT2D eigenvalue weighted by atomic mass is 15.3. The van der Waals surface area contributed by atoms with Gasteiger partial charge in [-0.05, 0) is 11.6 Å². The topological polar surface area (TPSA) is 57.7 Å². The van der Waals surface area contributed by atoms with Gasteiger partial charge < -0.3 is 9.88 Å². The van der Waals surface area contributed by atoms with Crippen molar-refractivity contribution >= 4 is 22.7 Å². The van der Waals surface area contributed by atoms with Crippen molar-refractivity contribution in [2.24, 2.45) is 0 Å². The molecule has 0 bridgehead atoms. The number of nitrogens with zero attached hydrogens (tertiary/aromatic N) is 4. The number of benzene rings is 1. The van der Waals surface area contributed by atoms with Crippen LogP contribution in [0.4, 0.5) is 11.5 Å². The van der Waals surface area contributed by atoms with E-state index in [1.807, 2.05) is 6.07 Å². The summed E-state index contributed by atoms with van der Waals surface area (Å²) < 4.78 is 0. The Kier molecular flexibility index (Phi) is 1.55. The maximum Gasteiger partial charge on any atom is 0.182 e. The Labute approximate surface area is 97.2 Å². The summed E-state index contributed by atoms with van der Waals surface area (Å²) in [5, 5.41) is 0. The maximum atomic E-state index is 4.34. The standard InChI is InChI=1S/C12H9N5/c1-2-4-9-8(3-1)5-17(9)12-10-11(14-6-13-10)15-7-16-12/h1-4,6-7H,5H2,(H,13,14,15,16). The number of rotatable bonds is 1. The van der Waals surface area contributed by atoms with Crippen LogP contribution in [0.3, 0.4) is 0 Å². The Morgan fingerprint density at radius 2 is 2.06 bits per heavy atom. The van der Waals surface area contributed by atoms with Crippen LogP contribution in [0, 0.1) is 0 Å². The maximum absolute atomic E-state index is 4.34. The minimum atomic E-state index is 0.708. The number of hydrogen-bond acceptors (Lipinski definition) is 4. The molecule has 1 aromatic carbocycles. The normalized spacial score (nSPS) is 13.5. The summed E-state index contributed by atoms with van der Waals surface area (Å²) in [5.74, 6) is 0.895. The number of aromatic amines is 1. The van der Waals surface area contributed by atoms with Crippen LogP contribution in [0.25, 0.3) is 11.2 Å². The number of hydrogen-bond donors (Lipinski definition) is 1. The molecule has 0 atom stereocenters. The van der Waals surface area contributed by atoms with Crippen LogP contribution in [0.2, 0.25) is 0 Å². The summed E-state index contributed by atoms with van der Waals surface area (Å²) in [6.45, 7) is 0.890. The fourth-order valence-corrected chi connectivity index (χ4v) is 2.22. The lowest BCUT2D eigenvalue weighted by molar-refractivity contribution is 0.865. The highest BCUT2D eigenvalue weighted by Gasteiger charge is 2.26. The van der Waals surface area contributed by atoms with Crippen molar-refractivity contribution in [1.29, 1.82) is 0 Å². The zero-order valence-corrected chi connectivity index (χ0v) is 8.96. The fourth-order valence-electron chi connectivity index (χ4n) is 2.22. The monoisotopic (exact) mass is 223 g/mol. The molecule has 0 fully saturated rings. The average Bonchev–Trinajstić information content (AvgIpc) is 2.80. The van der Waals surface area contributed by atoms with E-state index >= 15 is 0 Å². The lowest BCUT2D eigenvalue weighted by atomic mass is 10.0. The van der Waals surface area contributed by atoms with Gasteiger partial charge in [0.2, 0.25) is 0 Å². The van der Waals surface area contributed by atoms with E-state index in [2.05, 4.69) is 43.0 Å². The first-order valence-corrected chi connectivity index (χ1v) is 5.43. The Balaban J connectivity index is 1.90. The van der Waals surface area contributed by atoms with Crippen molar-refractivity contribution in [3.05, 3.63) is 42.5 Å². The third-order valence-electron chi connectivity index (χ3n) is 3.07. The minimum absolute atomic E-state index is 0.708. The van der Waals surface area contributed by atoms with Crippen molar-refractivity contribution in [2.45, 2.75) is 6.54 Å². The van der Waals surface area contributed by atoms with Crippen LogP contribution >= 0.6 is 0 Å². The zero-order valence-electron chi connectivity index (χ0n) is 8.96. The molecule has 0 radical (unpaired) electrons. The molecule has 5 heteroatoms. The number of H-pyrrole nitrogens is 1. The second-order valence-corrected chi connectivity index (χ2v) is 4.01.